The van der Waals surface area contributed by atoms with Crippen molar-refractivity contribution >= 4 is 11.7 Å². The molecule has 0 aliphatic rings. The summed E-state index contributed by atoms with van der Waals surface area (Å²) in [7, 11) is 1.23. The van der Waals surface area contributed by atoms with Crippen LogP contribution in [0.3, 0.4) is 0 Å². The van der Waals surface area contributed by atoms with E-state index in [1.54, 1.807) is 13.0 Å². The topological polar surface area (TPSA) is 71.2 Å². The van der Waals surface area contributed by atoms with Gasteiger partial charge in [-0.05, 0) is 24.6 Å². The van der Waals surface area contributed by atoms with Crippen molar-refractivity contribution in [1.29, 1.82) is 0 Å². The molecular formula is C13H16N2O3. The summed E-state index contributed by atoms with van der Waals surface area (Å²) in [5.41, 5.74) is 1.48. The molecule has 0 aliphatic carbocycles. The van der Waals surface area contributed by atoms with Crippen LogP contribution in [-0.2, 0) is 9.53 Å². The molecule has 0 aromatic heterocycles. The molecule has 0 bridgehead atoms. The number of methoxy groups -OCH3 is 1. The van der Waals surface area contributed by atoms with Gasteiger partial charge in [-0.1, -0.05) is 19.1 Å². The molecule has 0 radical (unpaired) electrons. The number of azo groups is 1. The first-order chi connectivity index (χ1) is 8.58. The SMILES string of the molecule is CCC(O)=C(N=Nc1cccc(C)c1)C(=O)OC. The first kappa shape index (κ1) is 13.9. The maximum atomic E-state index is 11.4. The van der Waals surface area contributed by atoms with Gasteiger partial charge in [0.2, 0.25) is 5.70 Å². The molecule has 0 fully saturated rings. The van der Waals surface area contributed by atoms with E-state index >= 15 is 0 Å². The van der Waals surface area contributed by atoms with Crippen LogP contribution in [-0.4, -0.2) is 18.2 Å². The van der Waals surface area contributed by atoms with Crippen LogP contribution < -0.4 is 0 Å². The standard InChI is InChI=1S/C13H16N2O3/c1-4-11(16)12(13(17)18-3)15-14-10-7-5-6-9(2)8-10/h5-8,16H,4H2,1-3H3. The summed E-state index contributed by atoms with van der Waals surface area (Å²) >= 11 is 0. The predicted molar refractivity (Wildman–Crippen MR) is 67.7 cm³/mol. The van der Waals surface area contributed by atoms with Crippen molar-refractivity contribution < 1.29 is 14.6 Å². The third-order valence-electron chi connectivity index (χ3n) is 2.25. The molecule has 18 heavy (non-hydrogen) atoms. The van der Waals surface area contributed by atoms with Gasteiger partial charge in [-0.2, -0.15) is 5.11 Å². The molecule has 0 aliphatic heterocycles. The van der Waals surface area contributed by atoms with Crippen molar-refractivity contribution in [2.45, 2.75) is 20.3 Å². The second kappa shape index (κ2) is 6.54. The van der Waals surface area contributed by atoms with Crippen LogP contribution in [0.25, 0.3) is 0 Å². The molecule has 1 aromatic rings. The number of nitrogens with zero attached hydrogens (tertiary/aromatic N) is 2. The zero-order valence-corrected chi connectivity index (χ0v) is 10.7. The number of ether oxygens (including phenoxy) is 1. The zero-order valence-electron chi connectivity index (χ0n) is 10.7. The van der Waals surface area contributed by atoms with Crippen LogP contribution >= 0.6 is 0 Å². The normalized spacial score (nSPS) is 12.4. The van der Waals surface area contributed by atoms with Crippen LogP contribution in [0.4, 0.5) is 5.69 Å². The van der Waals surface area contributed by atoms with Gasteiger partial charge in [-0.25, -0.2) is 4.79 Å². The molecule has 0 heterocycles. The van der Waals surface area contributed by atoms with Crippen LogP contribution in [0.5, 0.6) is 0 Å². The Bertz CT molecular complexity index is 493. The molecule has 96 valence electrons. The number of benzene rings is 1. The van der Waals surface area contributed by atoms with E-state index < -0.39 is 5.97 Å². The summed E-state index contributed by atoms with van der Waals surface area (Å²) in [6.45, 7) is 3.64. The fraction of sp³-hybridized carbons (Fsp3) is 0.308. The van der Waals surface area contributed by atoms with Gasteiger partial charge in [-0.3, -0.25) is 0 Å². The Balaban J connectivity index is 3.01. The average molecular weight is 248 g/mol. The molecule has 0 spiro atoms. The first-order valence-corrected chi connectivity index (χ1v) is 5.57. The van der Waals surface area contributed by atoms with Crippen molar-refractivity contribution in [2.75, 3.05) is 7.11 Å². The maximum Gasteiger partial charge on any atom is 0.362 e. The molecule has 1 N–H and O–H groups in total. The highest BCUT2D eigenvalue weighted by Crippen LogP contribution is 2.17. The molecular weight excluding hydrogens is 232 g/mol. The van der Waals surface area contributed by atoms with Crippen LogP contribution in [0.2, 0.25) is 0 Å². The molecule has 1 aromatic carbocycles. The van der Waals surface area contributed by atoms with E-state index in [4.69, 9.17) is 0 Å². The number of hydrogen-bond donors (Lipinski definition) is 1. The molecule has 5 nitrogen and oxygen atoms in total. The van der Waals surface area contributed by atoms with Crippen molar-refractivity contribution in [3.8, 4) is 0 Å². The number of carbonyl (C=O) groups excluding carboxylic acids is 1. The predicted octanol–water partition coefficient (Wildman–Crippen LogP) is 3.43. The van der Waals surface area contributed by atoms with Gasteiger partial charge in [0, 0.05) is 6.42 Å². The van der Waals surface area contributed by atoms with Gasteiger partial charge in [-0.15, -0.1) is 5.11 Å². The van der Waals surface area contributed by atoms with E-state index in [1.807, 2.05) is 25.1 Å². The molecule has 0 amide bonds. The van der Waals surface area contributed by atoms with Crippen LogP contribution in [0.1, 0.15) is 18.9 Å². The summed E-state index contributed by atoms with van der Waals surface area (Å²) in [4.78, 5) is 11.4. The number of rotatable bonds is 4. The van der Waals surface area contributed by atoms with Crippen molar-refractivity contribution in [1.82, 2.24) is 0 Å². The van der Waals surface area contributed by atoms with Gasteiger partial charge in [0.1, 0.15) is 5.76 Å². The lowest BCUT2D eigenvalue weighted by atomic mass is 10.2. The van der Waals surface area contributed by atoms with Crippen molar-refractivity contribution in [3.63, 3.8) is 0 Å². The maximum absolute atomic E-state index is 11.4. The lowest BCUT2D eigenvalue weighted by molar-refractivity contribution is -0.136. The van der Waals surface area contributed by atoms with Crippen molar-refractivity contribution in [2.24, 2.45) is 10.2 Å². The van der Waals surface area contributed by atoms with Gasteiger partial charge in [0.25, 0.3) is 0 Å². The summed E-state index contributed by atoms with van der Waals surface area (Å²) in [6.07, 6.45) is 0.289. The summed E-state index contributed by atoms with van der Waals surface area (Å²) in [5.74, 6) is -0.844. The van der Waals surface area contributed by atoms with Gasteiger partial charge in [0.05, 0.1) is 12.8 Å². The smallest absolute Gasteiger partial charge is 0.362 e. The fourth-order valence-electron chi connectivity index (χ4n) is 1.28. The third kappa shape index (κ3) is 3.69. The minimum absolute atomic E-state index is 0.141. The molecule has 5 heteroatoms. The second-order valence-electron chi connectivity index (χ2n) is 3.68. The number of aryl methyl sites for hydroxylation is 1. The fourth-order valence-corrected chi connectivity index (χ4v) is 1.28. The molecule has 0 atom stereocenters. The Kier molecular flexibility index (Phi) is 5.05. The molecule has 1 rings (SSSR count). The van der Waals surface area contributed by atoms with Crippen LogP contribution in [0.15, 0.2) is 46.0 Å². The average Bonchev–Trinajstić information content (AvgIpc) is 2.38. The Hall–Kier alpha value is -2.17. The monoisotopic (exact) mass is 248 g/mol. The molecule has 0 unspecified atom stereocenters. The summed E-state index contributed by atoms with van der Waals surface area (Å²) in [5, 5.41) is 17.2. The highest BCUT2D eigenvalue weighted by Gasteiger charge is 2.14. The van der Waals surface area contributed by atoms with E-state index in [-0.39, 0.29) is 17.9 Å². The van der Waals surface area contributed by atoms with E-state index in [0.29, 0.717) is 5.69 Å². The van der Waals surface area contributed by atoms with E-state index in [9.17, 15) is 9.90 Å². The Morgan fingerprint density at radius 1 is 1.44 bits per heavy atom. The minimum Gasteiger partial charge on any atom is -0.510 e. The second-order valence-corrected chi connectivity index (χ2v) is 3.68. The number of aliphatic hydroxyl groups is 1. The minimum atomic E-state index is -0.703. The first-order valence-electron chi connectivity index (χ1n) is 5.57. The van der Waals surface area contributed by atoms with Gasteiger partial charge in [0.15, 0.2) is 0 Å². The molecule has 0 saturated carbocycles. The van der Waals surface area contributed by atoms with E-state index in [1.165, 1.54) is 7.11 Å². The van der Waals surface area contributed by atoms with E-state index in [2.05, 4.69) is 15.0 Å². The Morgan fingerprint density at radius 2 is 2.17 bits per heavy atom. The largest absolute Gasteiger partial charge is 0.510 e. The van der Waals surface area contributed by atoms with Gasteiger partial charge >= 0.3 is 5.97 Å². The lowest BCUT2D eigenvalue weighted by Crippen LogP contribution is -2.05. The number of esters is 1. The lowest BCUT2D eigenvalue weighted by Gasteiger charge is -2.01. The summed E-state index contributed by atoms with van der Waals surface area (Å²) < 4.78 is 4.54. The zero-order chi connectivity index (χ0) is 13.5. The van der Waals surface area contributed by atoms with E-state index in [0.717, 1.165) is 5.56 Å². The third-order valence-corrected chi connectivity index (χ3v) is 2.25. The highest BCUT2D eigenvalue weighted by atomic mass is 16.5. The summed E-state index contributed by atoms with van der Waals surface area (Å²) in [6, 6.07) is 7.35. The molecule has 0 saturated heterocycles. The highest BCUT2D eigenvalue weighted by molar-refractivity contribution is 5.88. The van der Waals surface area contributed by atoms with Crippen LogP contribution in [0, 0.1) is 6.92 Å². The number of aliphatic hydroxyl groups excluding tert-OH is 1. The van der Waals surface area contributed by atoms with Crippen molar-refractivity contribution in [3.05, 3.63) is 41.3 Å². The Morgan fingerprint density at radius 3 is 2.72 bits per heavy atom. The van der Waals surface area contributed by atoms with Gasteiger partial charge < -0.3 is 9.84 Å². The quantitative estimate of drug-likeness (QED) is 0.384. The number of hydrogen-bond acceptors (Lipinski definition) is 5. The number of carbonyl (C=O) groups is 1. The Labute approximate surface area is 106 Å². The number of allylic oxidation sites excluding steroid dienone is 1.